The third kappa shape index (κ3) is 11.0. The quantitative estimate of drug-likeness (QED) is 0.460. The molecule has 0 aromatic carbocycles. The molecule has 0 spiro atoms. The van der Waals surface area contributed by atoms with Crippen molar-refractivity contribution in [3.8, 4) is 11.1 Å². The van der Waals surface area contributed by atoms with Crippen LogP contribution in [0.3, 0.4) is 0 Å². The molecule has 1 aliphatic carbocycles. The van der Waals surface area contributed by atoms with Crippen LogP contribution in [0.2, 0.25) is 0 Å². The van der Waals surface area contributed by atoms with E-state index in [1.54, 1.807) is 0 Å². The van der Waals surface area contributed by atoms with E-state index in [0.717, 1.165) is 49.5 Å². The van der Waals surface area contributed by atoms with Gasteiger partial charge in [-0.15, -0.1) is 0 Å². The highest BCUT2D eigenvalue weighted by Crippen LogP contribution is 2.33. The first-order valence-electron chi connectivity index (χ1n) is 13.1. The highest BCUT2D eigenvalue weighted by Gasteiger charge is 2.39. The van der Waals surface area contributed by atoms with E-state index in [2.05, 4.69) is 39.5 Å². The van der Waals surface area contributed by atoms with Crippen molar-refractivity contribution in [3.63, 3.8) is 0 Å². The number of carbonyl (C=O) groups is 3. The number of anilines is 1. The molecule has 17 heteroatoms. The highest BCUT2D eigenvalue weighted by molar-refractivity contribution is 5.94. The average Bonchev–Trinajstić information content (AvgIpc) is 3.64. The number of nitrogens with zero attached hydrogens (tertiary/aromatic N) is 6. The zero-order valence-corrected chi connectivity index (χ0v) is 24.0. The third-order valence-electron chi connectivity index (χ3n) is 6.46. The molecular weight excluding hydrogens is 590 g/mol. The zero-order chi connectivity index (χ0) is 32.7. The Balaban J connectivity index is 0.000000384. The molecule has 43 heavy (non-hydrogen) atoms. The van der Waals surface area contributed by atoms with Gasteiger partial charge in [0, 0.05) is 82.6 Å². The van der Waals surface area contributed by atoms with Crippen LogP contribution in [-0.4, -0.2) is 111 Å². The van der Waals surface area contributed by atoms with E-state index in [1.807, 2.05) is 42.4 Å². The first kappa shape index (κ1) is 35.3. The van der Waals surface area contributed by atoms with Crippen LogP contribution >= 0.6 is 0 Å². The number of amides is 1. The van der Waals surface area contributed by atoms with Gasteiger partial charge in [0.15, 0.2) is 0 Å². The number of alkyl halides is 6. The van der Waals surface area contributed by atoms with Gasteiger partial charge >= 0.3 is 24.3 Å². The van der Waals surface area contributed by atoms with Gasteiger partial charge in [0.2, 0.25) is 5.95 Å². The van der Waals surface area contributed by atoms with Gasteiger partial charge in [-0.1, -0.05) is 0 Å². The van der Waals surface area contributed by atoms with Crippen molar-refractivity contribution in [2.45, 2.75) is 51.6 Å². The molecule has 240 valence electrons. The summed E-state index contributed by atoms with van der Waals surface area (Å²) in [7, 11) is 3.86. The van der Waals surface area contributed by atoms with Crippen molar-refractivity contribution in [2.24, 2.45) is 5.92 Å². The monoisotopic (exact) mass is 624 g/mol. The second kappa shape index (κ2) is 14.5. The number of aromatic nitrogens is 3. The summed E-state index contributed by atoms with van der Waals surface area (Å²) in [6, 6.07) is 2.55. The predicted molar refractivity (Wildman–Crippen MR) is 143 cm³/mol. The molecule has 1 saturated heterocycles. The lowest BCUT2D eigenvalue weighted by Gasteiger charge is -2.37. The van der Waals surface area contributed by atoms with E-state index in [4.69, 9.17) is 19.8 Å². The van der Waals surface area contributed by atoms with Crippen LogP contribution in [0, 0.1) is 5.92 Å². The van der Waals surface area contributed by atoms with Crippen molar-refractivity contribution >= 4 is 23.8 Å². The molecule has 0 atom stereocenters. The molecule has 4 rings (SSSR count). The largest absolute Gasteiger partial charge is 0.490 e. The Hall–Kier alpha value is -3.89. The number of hydrogen-bond acceptors (Lipinski definition) is 7. The minimum absolute atomic E-state index is 0.145. The maximum absolute atomic E-state index is 13.3. The maximum Gasteiger partial charge on any atom is 0.490 e. The molecule has 2 aliphatic rings. The first-order valence-corrected chi connectivity index (χ1v) is 13.1. The van der Waals surface area contributed by atoms with Crippen LogP contribution in [0.25, 0.3) is 11.1 Å². The number of piperazine rings is 1. The molecular formula is C26H34F6N6O5. The van der Waals surface area contributed by atoms with Gasteiger partial charge < -0.3 is 24.6 Å². The Bertz CT molecular complexity index is 1210. The minimum Gasteiger partial charge on any atom is -0.475 e. The number of hydrogen-bond donors (Lipinski definition) is 2. The number of aliphatic carboxylic acids is 2. The van der Waals surface area contributed by atoms with Crippen LogP contribution in [0.1, 0.15) is 37.2 Å². The van der Waals surface area contributed by atoms with Crippen LogP contribution in [0.5, 0.6) is 0 Å². The summed E-state index contributed by atoms with van der Waals surface area (Å²) in [6.07, 6.45) is -1.86. The van der Waals surface area contributed by atoms with E-state index >= 15 is 0 Å². The van der Waals surface area contributed by atoms with Crippen LogP contribution in [0.15, 0.2) is 24.7 Å². The molecule has 3 heterocycles. The van der Waals surface area contributed by atoms with Gasteiger partial charge in [0.05, 0.1) is 0 Å². The summed E-state index contributed by atoms with van der Waals surface area (Å²) < 4.78 is 65.6. The Morgan fingerprint density at radius 2 is 1.37 bits per heavy atom. The lowest BCUT2D eigenvalue weighted by atomic mass is 10.1. The van der Waals surface area contributed by atoms with Crippen molar-refractivity contribution in [1.82, 2.24) is 24.3 Å². The summed E-state index contributed by atoms with van der Waals surface area (Å²) in [6.45, 7) is 8.83. The Labute approximate surface area is 243 Å². The first-order chi connectivity index (χ1) is 19.8. The van der Waals surface area contributed by atoms with Crippen LogP contribution < -0.4 is 4.90 Å². The normalized spacial score (nSPS) is 15.7. The van der Waals surface area contributed by atoms with E-state index < -0.39 is 24.3 Å². The van der Waals surface area contributed by atoms with Gasteiger partial charge in [0.1, 0.15) is 5.69 Å². The molecule has 2 N–H and O–H groups in total. The fourth-order valence-corrected chi connectivity index (χ4v) is 3.88. The second-order valence-electron chi connectivity index (χ2n) is 10.4. The van der Waals surface area contributed by atoms with Gasteiger partial charge in [0.25, 0.3) is 5.91 Å². The third-order valence-corrected chi connectivity index (χ3v) is 6.46. The van der Waals surface area contributed by atoms with Crippen molar-refractivity contribution < 1.29 is 50.9 Å². The maximum atomic E-state index is 13.3. The molecule has 0 unspecified atom stereocenters. The summed E-state index contributed by atoms with van der Waals surface area (Å²) in [5, 5.41) is 14.2. The van der Waals surface area contributed by atoms with Crippen molar-refractivity contribution in [1.29, 1.82) is 0 Å². The number of carboxylic acid groups (broad SMARTS) is 2. The molecule has 1 aliphatic heterocycles. The van der Waals surface area contributed by atoms with E-state index in [-0.39, 0.29) is 5.91 Å². The SMILES string of the molecule is CC(C)N1CCN(C(=O)c2cc(-c3cnc(N(C)C)nc3)cn2CC2CC2)CC1.O=C(O)C(F)(F)F.O=C(O)C(F)(F)F. The molecule has 2 fully saturated rings. The highest BCUT2D eigenvalue weighted by atomic mass is 19.4. The molecule has 0 radical (unpaired) electrons. The minimum atomic E-state index is -5.08. The number of halogens is 6. The Morgan fingerprint density at radius 1 is 0.907 bits per heavy atom. The van der Waals surface area contributed by atoms with Crippen molar-refractivity contribution in [3.05, 3.63) is 30.4 Å². The number of carboxylic acids is 2. The lowest BCUT2D eigenvalue weighted by Crippen LogP contribution is -2.51. The van der Waals surface area contributed by atoms with Crippen LogP contribution in [-0.2, 0) is 16.1 Å². The number of carbonyl (C=O) groups excluding carboxylic acids is 1. The fourth-order valence-electron chi connectivity index (χ4n) is 3.88. The Kier molecular flexibility index (Phi) is 11.9. The summed E-state index contributed by atoms with van der Waals surface area (Å²) in [5.41, 5.74) is 2.76. The van der Waals surface area contributed by atoms with Gasteiger partial charge in [-0.25, -0.2) is 19.6 Å². The van der Waals surface area contributed by atoms with Gasteiger partial charge in [-0.05, 0) is 38.7 Å². The lowest BCUT2D eigenvalue weighted by molar-refractivity contribution is -0.193. The molecule has 0 bridgehead atoms. The summed E-state index contributed by atoms with van der Waals surface area (Å²) in [4.78, 5) is 46.3. The van der Waals surface area contributed by atoms with Crippen molar-refractivity contribution in [2.75, 3.05) is 45.2 Å². The van der Waals surface area contributed by atoms with Crippen LogP contribution in [0.4, 0.5) is 32.3 Å². The van der Waals surface area contributed by atoms with E-state index in [1.165, 1.54) is 12.8 Å². The van der Waals surface area contributed by atoms with Gasteiger partial charge in [-0.2, -0.15) is 26.3 Å². The van der Waals surface area contributed by atoms with E-state index in [0.29, 0.717) is 17.9 Å². The number of rotatable bonds is 6. The Morgan fingerprint density at radius 3 is 1.74 bits per heavy atom. The summed E-state index contributed by atoms with van der Waals surface area (Å²) in [5.74, 6) is -3.98. The average molecular weight is 625 g/mol. The standard InChI is InChI=1S/C22H32N6O.2C2HF3O2/c1-16(2)26-7-9-27(10-8-26)21(29)20-11-18(15-28(20)14-17-5-6-17)19-12-23-22(24-13-19)25(3)4;2*3-2(4,5)1(6)7/h11-13,15-17H,5-10,14H2,1-4H3;2*(H,6,7). The molecule has 2 aromatic heterocycles. The predicted octanol–water partition coefficient (Wildman–Crippen LogP) is 3.85. The molecule has 1 amide bonds. The molecule has 2 aromatic rings. The van der Waals surface area contributed by atoms with E-state index in [9.17, 15) is 31.1 Å². The topological polar surface area (TPSA) is 132 Å². The molecule has 11 nitrogen and oxygen atoms in total. The van der Waals surface area contributed by atoms with Gasteiger partial charge in [-0.3, -0.25) is 9.69 Å². The zero-order valence-electron chi connectivity index (χ0n) is 24.0. The summed E-state index contributed by atoms with van der Waals surface area (Å²) >= 11 is 0. The second-order valence-corrected chi connectivity index (χ2v) is 10.4. The smallest absolute Gasteiger partial charge is 0.475 e. The fraction of sp³-hybridized carbons (Fsp3) is 0.577. The molecule has 1 saturated carbocycles.